The Labute approximate surface area is 109 Å². The zero-order valence-corrected chi connectivity index (χ0v) is 10.8. The highest BCUT2D eigenvalue weighted by molar-refractivity contribution is 7.10. The van der Waals surface area contributed by atoms with Crippen molar-refractivity contribution in [3.05, 3.63) is 51.5 Å². The van der Waals surface area contributed by atoms with Crippen LogP contribution >= 0.6 is 11.3 Å². The predicted molar refractivity (Wildman–Crippen MR) is 70.8 cm³/mol. The largest absolute Gasteiger partial charge is 0.478 e. The van der Waals surface area contributed by atoms with Crippen molar-refractivity contribution >= 4 is 17.3 Å². The third-order valence-electron chi connectivity index (χ3n) is 2.63. The van der Waals surface area contributed by atoms with Crippen molar-refractivity contribution < 1.29 is 9.90 Å². The lowest BCUT2D eigenvalue weighted by atomic mass is 10.2. The number of nitrogens with zero attached hydrogens (tertiary/aromatic N) is 1. The Morgan fingerprint density at radius 2 is 2.22 bits per heavy atom. The minimum atomic E-state index is -0.948. The summed E-state index contributed by atoms with van der Waals surface area (Å²) < 4.78 is 0. The van der Waals surface area contributed by atoms with Gasteiger partial charge in [0.05, 0.1) is 11.3 Å². The van der Waals surface area contributed by atoms with E-state index in [2.05, 4.69) is 28.7 Å². The molecule has 0 atom stereocenters. The van der Waals surface area contributed by atoms with E-state index in [9.17, 15) is 4.79 Å². The Kier molecular flexibility index (Phi) is 4.07. The highest BCUT2D eigenvalue weighted by atomic mass is 32.1. The lowest BCUT2D eigenvalue weighted by Gasteiger charge is -2.04. The van der Waals surface area contributed by atoms with Gasteiger partial charge in [-0.1, -0.05) is 0 Å². The molecule has 0 radical (unpaired) electrons. The van der Waals surface area contributed by atoms with Crippen LogP contribution in [0.2, 0.25) is 0 Å². The van der Waals surface area contributed by atoms with Gasteiger partial charge in [0, 0.05) is 24.2 Å². The highest BCUT2D eigenvalue weighted by Crippen LogP contribution is 2.14. The van der Waals surface area contributed by atoms with Gasteiger partial charge < -0.3 is 10.4 Å². The van der Waals surface area contributed by atoms with Gasteiger partial charge in [-0.25, -0.2) is 4.79 Å². The number of carbonyl (C=O) groups is 1. The first-order valence-corrected chi connectivity index (χ1v) is 6.46. The molecular weight excluding hydrogens is 248 g/mol. The smallest absolute Gasteiger partial charge is 0.337 e. The van der Waals surface area contributed by atoms with E-state index in [-0.39, 0.29) is 5.56 Å². The number of nitrogens with one attached hydrogen (secondary N) is 1. The van der Waals surface area contributed by atoms with Gasteiger partial charge in [0.2, 0.25) is 0 Å². The fourth-order valence-electron chi connectivity index (χ4n) is 1.54. The molecule has 0 amide bonds. The molecule has 0 fully saturated rings. The van der Waals surface area contributed by atoms with Crippen molar-refractivity contribution in [3.63, 3.8) is 0 Å². The van der Waals surface area contributed by atoms with Crippen molar-refractivity contribution in [1.82, 2.24) is 10.3 Å². The molecule has 0 saturated carbocycles. The molecule has 2 N–H and O–H groups in total. The van der Waals surface area contributed by atoms with Gasteiger partial charge in [0.15, 0.2) is 0 Å². The maximum Gasteiger partial charge on any atom is 0.337 e. The lowest BCUT2D eigenvalue weighted by molar-refractivity contribution is 0.0696. The normalized spacial score (nSPS) is 10.5. The molecule has 0 spiro atoms. The number of hydrogen-bond acceptors (Lipinski definition) is 4. The van der Waals surface area contributed by atoms with Gasteiger partial charge in [-0.05, 0) is 36.1 Å². The maximum atomic E-state index is 10.7. The van der Waals surface area contributed by atoms with Crippen LogP contribution in [0.3, 0.4) is 0 Å². The second-order valence-corrected chi connectivity index (χ2v) is 4.97. The predicted octanol–water partition coefficient (Wildman–Crippen LogP) is 2.44. The van der Waals surface area contributed by atoms with Crippen molar-refractivity contribution in [2.75, 3.05) is 0 Å². The summed E-state index contributed by atoms with van der Waals surface area (Å²) in [4.78, 5) is 16.1. The van der Waals surface area contributed by atoms with Crippen LogP contribution in [0.4, 0.5) is 0 Å². The molecule has 0 aliphatic carbocycles. The first-order chi connectivity index (χ1) is 8.66. The van der Waals surface area contributed by atoms with Crippen LogP contribution in [-0.2, 0) is 13.1 Å². The second-order valence-electron chi connectivity index (χ2n) is 3.97. The minimum Gasteiger partial charge on any atom is -0.478 e. The minimum absolute atomic E-state index is 0.216. The molecule has 2 aromatic rings. The van der Waals surface area contributed by atoms with Crippen LogP contribution in [0.25, 0.3) is 0 Å². The monoisotopic (exact) mass is 262 g/mol. The molecule has 18 heavy (non-hydrogen) atoms. The third kappa shape index (κ3) is 3.15. The molecule has 5 heteroatoms. The average Bonchev–Trinajstić information content (AvgIpc) is 2.76. The lowest BCUT2D eigenvalue weighted by Crippen LogP contribution is -2.13. The fraction of sp³-hybridized carbons (Fsp3) is 0.231. The van der Waals surface area contributed by atoms with E-state index >= 15 is 0 Å². The molecule has 2 aromatic heterocycles. The van der Waals surface area contributed by atoms with E-state index in [0.29, 0.717) is 6.54 Å². The molecule has 0 saturated heterocycles. The SMILES string of the molecule is Cc1ccsc1CNCc1ccc(C(=O)O)cn1. The van der Waals surface area contributed by atoms with Crippen molar-refractivity contribution in [1.29, 1.82) is 0 Å². The number of aromatic carboxylic acids is 1. The fourth-order valence-corrected chi connectivity index (χ4v) is 2.42. The molecule has 2 heterocycles. The van der Waals surface area contributed by atoms with Gasteiger partial charge in [-0.3, -0.25) is 4.98 Å². The third-order valence-corrected chi connectivity index (χ3v) is 3.65. The summed E-state index contributed by atoms with van der Waals surface area (Å²) in [5, 5.41) is 14.1. The number of pyridine rings is 1. The first kappa shape index (κ1) is 12.7. The van der Waals surface area contributed by atoms with E-state index in [1.807, 2.05) is 0 Å². The van der Waals surface area contributed by atoms with E-state index in [1.54, 1.807) is 23.5 Å². The molecule has 4 nitrogen and oxygen atoms in total. The number of thiophene rings is 1. The number of aromatic nitrogens is 1. The Morgan fingerprint density at radius 1 is 1.39 bits per heavy atom. The second kappa shape index (κ2) is 5.75. The highest BCUT2D eigenvalue weighted by Gasteiger charge is 2.03. The summed E-state index contributed by atoms with van der Waals surface area (Å²) in [5.74, 6) is -0.948. The zero-order valence-electron chi connectivity index (χ0n) is 10.0. The van der Waals surface area contributed by atoms with Gasteiger partial charge >= 0.3 is 5.97 Å². The molecule has 0 bridgehead atoms. The van der Waals surface area contributed by atoms with Crippen molar-refractivity contribution in [3.8, 4) is 0 Å². The quantitative estimate of drug-likeness (QED) is 0.868. The Bertz CT molecular complexity index is 534. The van der Waals surface area contributed by atoms with Crippen molar-refractivity contribution in [2.45, 2.75) is 20.0 Å². The molecule has 2 rings (SSSR count). The van der Waals surface area contributed by atoms with Gasteiger partial charge in [0.25, 0.3) is 0 Å². The van der Waals surface area contributed by atoms with E-state index in [1.165, 1.54) is 16.6 Å². The average molecular weight is 262 g/mol. The van der Waals surface area contributed by atoms with Crippen LogP contribution in [0.1, 0.15) is 26.5 Å². The van der Waals surface area contributed by atoms with Gasteiger partial charge in [-0.15, -0.1) is 11.3 Å². The number of carboxylic acid groups (broad SMARTS) is 1. The summed E-state index contributed by atoms with van der Waals surface area (Å²) in [6.45, 7) is 3.54. The van der Waals surface area contributed by atoms with E-state index < -0.39 is 5.97 Å². The summed E-state index contributed by atoms with van der Waals surface area (Å²) in [6, 6.07) is 5.40. The molecule has 0 aliphatic heterocycles. The van der Waals surface area contributed by atoms with Crippen LogP contribution < -0.4 is 5.32 Å². The zero-order chi connectivity index (χ0) is 13.0. The summed E-state index contributed by atoms with van der Waals surface area (Å²) >= 11 is 1.73. The molecule has 0 aromatic carbocycles. The number of rotatable bonds is 5. The summed E-state index contributed by atoms with van der Waals surface area (Å²) in [6.07, 6.45) is 1.38. The summed E-state index contributed by atoms with van der Waals surface area (Å²) in [7, 11) is 0. The number of aryl methyl sites for hydroxylation is 1. The Hall–Kier alpha value is -1.72. The van der Waals surface area contributed by atoms with Crippen molar-refractivity contribution in [2.24, 2.45) is 0 Å². The first-order valence-electron chi connectivity index (χ1n) is 5.58. The van der Waals surface area contributed by atoms with E-state index in [4.69, 9.17) is 5.11 Å². The van der Waals surface area contributed by atoms with Gasteiger partial charge in [0.1, 0.15) is 0 Å². The number of hydrogen-bond donors (Lipinski definition) is 2. The number of carboxylic acids is 1. The maximum absolute atomic E-state index is 10.7. The Balaban J connectivity index is 1.87. The topological polar surface area (TPSA) is 62.2 Å². The van der Waals surface area contributed by atoms with Crippen LogP contribution in [0.5, 0.6) is 0 Å². The van der Waals surface area contributed by atoms with Gasteiger partial charge in [-0.2, -0.15) is 0 Å². The van der Waals surface area contributed by atoms with Crippen LogP contribution in [-0.4, -0.2) is 16.1 Å². The molecule has 0 unspecified atom stereocenters. The van der Waals surface area contributed by atoms with E-state index in [0.717, 1.165) is 12.2 Å². The molecule has 0 aliphatic rings. The van der Waals surface area contributed by atoms with Crippen LogP contribution in [0, 0.1) is 6.92 Å². The molecular formula is C13H14N2O2S. The van der Waals surface area contributed by atoms with Crippen LogP contribution in [0.15, 0.2) is 29.8 Å². The molecule has 94 valence electrons. The standard InChI is InChI=1S/C13H14N2O2S/c1-9-4-5-18-12(9)8-14-7-11-3-2-10(6-15-11)13(16)17/h2-6,14H,7-8H2,1H3,(H,16,17). The summed E-state index contributed by atoms with van der Waals surface area (Å²) in [5.41, 5.74) is 2.35. The Morgan fingerprint density at radius 3 is 2.78 bits per heavy atom.